The van der Waals surface area contributed by atoms with Crippen LogP contribution in [0.25, 0.3) is 11.3 Å². The van der Waals surface area contributed by atoms with Crippen LogP contribution in [0, 0.1) is 5.82 Å². The van der Waals surface area contributed by atoms with Gasteiger partial charge in [-0.3, -0.25) is 4.79 Å². The molecule has 0 atom stereocenters. The molecule has 0 radical (unpaired) electrons. The highest BCUT2D eigenvalue weighted by Crippen LogP contribution is 2.33. The molecule has 0 spiro atoms. The van der Waals surface area contributed by atoms with E-state index in [0.717, 1.165) is 12.3 Å². The van der Waals surface area contributed by atoms with Crippen molar-refractivity contribution < 1.29 is 26.8 Å². The number of aromatic nitrogens is 2. The molecule has 1 amide bonds. The van der Waals surface area contributed by atoms with E-state index in [1.165, 1.54) is 18.3 Å². The Morgan fingerprint density at radius 1 is 1.06 bits per heavy atom. The van der Waals surface area contributed by atoms with Crippen LogP contribution in [0.4, 0.5) is 23.4 Å². The van der Waals surface area contributed by atoms with Crippen LogP contribution in [0.5, 0.6) is 0 Å². The average Bonchev–Trinajstić information content (AvgIpc) is 3.26. The summed E-state index contributed by atoms with van der Waals surface area (Å²) in [7, 11) is 0. The van der Waals surface area contributed by atoms with E-state index in [4.69, 9.17) is 16.0 Å². The Bertz CT molecular complexity index is 1130. The van der Waals surface area contributed by atoms with Gasteiger partial charge in [-0.15, -0.1) is 0 Å². The number of amides is 1. The number of nitrogens with zero attached hydrogens (tertiary/aromatic N) is 4. The monoisotopic (exact) mass is 482 g/mol. The fraction of sp³-hybridized carbons (Fsp3) is 0.318. The van der Waals surface area contributed by atoms with Crippen LogP contribution in [0.1, 0.15) is 17.9 Å². The fourth-order valence-electron chi connectivity index (χ4n) is 3.53. The SMILES string of the molecule is O=C(CCc1ncc(-c2ccc(F)cc2)o1)N1CCN(c2ncc(C(F)(F)F)cc2Cl)CC1. The molecule has 0 unspecified atom stereocenters. The molecule has 11 heteroatoms. The minimum Gasteiger partial charge on any atom is -0.441 e. The molecule has 3 heterocycles. The summed E-state index contributed by atoms with van der Waals surface area (Å²) in [5.74, 6) is 0.738. The standard InChI is InChI=1S/C22H19ClF4N4O2/c23-17-11-15(22(25,26)27)12-29-21(17)31-9-7-30(8-10-31)20(32)6-5-19-28-13-18(33-19)14-1-3-16(24)4-2-14/h1-4,11-13H,5-10H2. The molecule has 6 nitrogen and oxygen atoms in total. The van der Waals surface area contributed by atoms with Gasteiger partial charge in [0.1, 0.15) is 11.6 Å². The van der Waals surface area contributed by atoms with Crippen LogP contribution >= 0.6 is 11.6 Å². The van der Waals surface area contributed by atoms with Crippen molar-refractivity contribution in [3.05, 3.63) is 65.0 Å². The minimum absolute atomic E-state index is 0.0783. The Labute approximate surface area is 191 Å². The molecule has 1 aromatic carbocycles. The second-order valence-corrected chi connectivity index (χ2v) is 7.93. The van der Waals surface area contributed by atoms with Gasteiger partial charge in [0.05, 0.1) is 16.8 Å². The molecule has 2 aromatic heterocycles. The Hall–Kier alpha value is -3.14. The van der Waals surface area contributed by atoms with Gasteiger partial charge in [0.2, 0.25) is 5.91 Å². The van der Waals surface area contributed by atoms with Gasteiger partial charge in [-0.25, -0.2) is 14.4 Å². The molecule has 174 valence electrons. The molecule has 1 aliphatic heterocycles. The predicted molar refractivity (Wildman–Crippen MR) is 113 cm³/mol. The lowest BCUT2D eigenvalue weighted by molar-refractivity contribution is -0.137. The first-order valence-corrected chi connectivity index (χ1v) is 10.5. The quantitative estimate of drug-likeness (QED) is 0.487. The summed E-state index contributed by atoms with van der Waals surface area (Å²) in [5.41, 5.74) is -0.215. The van der Waals surface area contributed by atoms with Gasteiger partial charge in [-0.05, 0) is 30.3 Å². The number of halogens is 5. The Morgan fingerprint density at radius 2 is 1.76 bits per heavy atom. The molecule has 1 aliphatic rings. The summed E-state index contributed by atoms with van der Waals surface area (Å²) < 4.78 is 57.1. The maximum absolute atomic E-state index is 13.1. The van der Waals surface area contributed by atoms with Crippen molar-refractivity contribution in [3.63, 3.8) is 0 Å². The number of rotatable bonds is 5. The highest BCUT2D eigenvalue weighted by Gasteiger charge is 2.32. The Morgan fingerprint density at radius 3 is 2.39 bits per heavy atom. The van der Waals surface area contributed by atoms with Crippen LogP contribution in [0.3, 0.4) is 0 Å². The van der Waals surface area contributed by atoms with E-state index in [0.29, 0.717) is 49.8 Å². The molecule has 0 bridgehead atoms. The van der Waals surface area contributed by atoms with Crippen molar-refractivity contribution in [2.75, 3.05) is 31.1 Å². The minimum atomic E-state index is -4.51. The molecule has 1 saturated heterocycles. The number of benzene rings is 1. The highest BCUT2D eigenvalue weighted by molar-refractivity contribution is 6.33. The van der Waals surface area contributed by atoms with Crippen LogP contribution in [0.15, 0.2) is 47.1 Å². The summed E-state index contributed by atoms with van der Waals surface area (Å²) in [4.78, 5) is 24.1. The second kappa shape index (κ2) is 9.38. The number of hydrogen-bond acceptors (Lipinski definition) is 5. The van der Waals surface area contributed by atoms with Crippen LogP contribution in [0.2, 0.25) is 5.02 Å². The van der Waals surface area contributed by atoms with Crippen molar-refractivity contribution in [2.24, 2.45) is 0 Å². The molecule has 33 heavy (non-hydrogen) atoms. The lowest BCUT2D eigenvalue weighted by atomic mass is 10.2. The normalized spacial score (nSPS) is 14.6. The fourth-order valence-corrected chi connectivity index (χ4v) is 3.82. The van der Waals surface area contributed by atoms with Gasteiger partial charge in [-0.2, -0.15) is 13.2 Å². The molecular formula is C22H19ClF4N4O2. The Kier molecular flexibility index (Phi) is 6.55. The number of hydrogen-bond donors (Lipinski definition) is 0. The third kappa shape index (κ3) is 5.44. The number of anilines is 1. The predicted octanol–water partition coefficient (Wildman–Crippen LogP) is 4.83. The number of pyridine rings is 1. The summed E-state index contributed by atoms with van der Waals surface area (Å²) in [5, 5.41) is -0.0783. The summed E-state index contributed by atoms with van der Waals surface area (Å²) in [6.45, 7) is 1.59. The van der Waals surface area contributed by atoms with Gasteiger partial charge >= 0.3 is 6.18 Å². The summed E-state index contributed by atoms with van der Waals surface area (Å²) in [6, 6.07) is 6.68. The highest BCUT2D eigenvalue weighted by atomic mass is 35.5. The van der Waals surface area contributed by atoms with Gasteiger partial charge in [0.15, 0.2) is 11.7 Å². The molecule has 3 aromatic rings. The maximum atomic E-state index is 13.1. The lowest BCUT2D eigenvalue weighted by Gasteiger charge is -2.35. The van der Waals surface area contributed by atoms with Crippen molar-refractivity contribution in [3.8, 4) is 11.3 Å². The number of oxazole rings is 1. The van der Waals surface area contributed by atoms with Gasteiger partial charge < -0.3 is 14.2 Å². The zero-order chi connectivity index (χ0) is 23.6. The topological polar surface area (TPSA) is 62.5 Å². The van der Waals surface area contributed by atoms with Gasteiger partial charge in [0, 0.05) is 50.8 Å². The molecule has 0 aliphatic carbocycles. The van der Waals surface area contributed by atoms with Crippen LogP contribution < -0.4 is 4.90 Å². The number of alkyl halides is 3. The Balaban J connectivity index is 1.29. The first kappa shape index (κ1) is 23.0. The van der Waals surface area contributed by atoms with Crippen LogP contribution in [-0.4, -0.2) is 47.0 Å². The van der Waals surface area contributed by atoms with Crippen molar-refractivity contribution >= 4 is 23.3 Å². The zero-order valence-electron chi connectivity index (χ0n) is 17.3. The molecule has 0 saturated carbocycles. The average molecular weight is 483 g/mol. The smallest absolute Gasteiger partial charge is 0.417 e. The summed E-state index contributed by atoms with van der Waals surface area (Å²) >= 11 is 6.02. The van der Waals surface area contributed by atoms with E-state index in [1.54, 1.807) is 21.9 Å². The number of carbonyl (C=O) groups is 1. The summed E-state index contributed by atoms with van der Waals surface area (Å²) in [6.07, 6.45) is -1.71. The van der Waals surface area contributed by atoms with Crippen LogP contribution in [-0.2, 0) is 17.4 Å². The number of aryl methyl sites for hydroxylation is 1. The second-order valence-electron chi connectivity index (χ2n) is 7.52. The first-order chi connectivity index (χ1) is 15.7. The number of piperazine rings is 1. The van der Waals surface area contributed by atoms with Gasteiger partial charge in [-0.1, -0.05) is 11.6 Å². The third-order valence-corrected chi connectivity index (χ3v) is 5.59. The number of carbonyl (C=O) groups excluding carboxylic acids is 1. The van der Waals surface area contributed by atoms with E-state index in [9.17, 15) is 22.4 Å². The molecular weight excluding hydrogens is 464 g/mol. The maximum Gasteiger partial charge on any atom is 0.417 e. The molecule has 4 rings (SSSR count). The van der Waals surface area contributed by atoms with E-state index >= 15 is 0 Å². The van der Waals surface area contributed by atoms with E-state index in [2.05, 4.69) is 9.97 Å². The third-order valence-electron chi connectivity index (χ3n) is 5.32. The zero-order valence-corrected chi connectivity index (χ0v) is 18.0. The van der Waals surface area contributed by atoms with Gasteiger partial charge in [0.25, 0.3) is 0 Å². The van der Waals surface area contributed by atoms with E-state index < -0.39 is 11.7 Å². The first-order valence-electron chi connectivity index (χ1n) is 10.2. The van der Waals surface area contributed by atoms with E-state index in [1.807, 2.05) is 0 Å². The van der Waals surface area contributed by atoms with E-state index in [-0.39, 0.29) is 29.0 Å². The lowest BCUT2D eigenvalue weighted by Crippen LogP contribution is -2.49. The van der Waals surface area contributed by atoms with Crippen molar-refractivity contribution in [2.45, 2.75) is 19.0 Å². The van der Waals surface area contributed by atoms with Crippen molar-refractivity contribution in [1.29, 1.82) is 0 Å². The largest absolute Gasteiger partial charge is 0.441 e. The van der Waals surface area contributed by atoms with Crippen molar-refractivity contribution in [1.82, 2.24) is 14.9 Å². The molecule has 0 N–H and O–H groups in total. The molecule has 1 fully saturated rings.